The standard InChI is InChI=1S/C23H31N3O4/c1-23(2,3)30-22(28)25-17-12-11-16(14-19(17)29-5)21(27)26(4)18-10-6-8-15-9-7-13-24-20(15)18/h6-10,13,16-17,19H,11-12,14H2,1-5H3,(H,25,28)/t16-,17-,19-/m1/s1. The number of nitrogens with one attached hydrogen (secondary N) is 1. The van der Waals surface area contributed by atoms with E-state index in [1.807, 2.05) is 51.1 Å². The number of aromatic nitrogens is 1. The van der Waals surface area contributed by atoms with Crippen LogP contribution in [0.2, 0.25) is 0 Å². The first-order valence-corrected chi connectivity index (χ1v) is 10.3. The summed E-state index contributed by atoms with van der Waals surface area (Å²) in [6, 6.07) is 9.52. The third kappa shape index (κ3) is 5.08. The van der Waals surface area contributed by atoms with Gasteiger partial charge in [-0.2, -0.15) is 0 Å². The van der Waals surface area contributed by atoms with Crippen molar-refractivity contribution in [1.82, 2.24) is 10.3 Å². The zero-order valence-corrected chi connectivity index (χ0v) is 18.3. The summed E-state index contributed by atoms with van der Waals surface area (Å²) in [5.74, 6) is -0.151. The Kier molecular flexibility index (Phi) is 6.61. The molecule has 0 saturated heterocycles. The van der Waals surface area contributed by atoms with Crippen LogP contribution in [0.3, 0.4) is 0 Å². The van der Waals surface area contributed by atoms with Crippen molar-refractivity contribution in [2.24, 2.45) is 5.92 Å². The van der Waals surface area contributed by atoms with Gasteiger partial charge in [0.2, 0.25) is 5.91 Å². The number of alkyl carbamates (subject to hydrolysis) is 1. The number of fused-ring (bicyclic) bond motifs is 1. The van der Waals surface area contributed by atoms with E-state index in [-0.39, 0.29) is 24.0 Å². The number of anilines is 1. The van der Waals surface area contributed by atoms with Gasteiger partial charge in [-0.3, -0.25) is 9.78 Å². The van der Waals surface area contributed by atoms with Gasteiger partial charge in [-0.15, -0.1) is 0 Å². The maximum atomic E-state index is 13.3. The van der Waals surface area contributed by atoms with Crippen molar-refractivity contribution in [3.8, 4) is 0 Å². The fraction of sp³-hybridized carbons (Fsp3) is 0.522. The van der Waals surface area contributed by atoms with E-state index < -0.39 is 11.7 Å². The molecule has 0 radical (unpaired) electrons. The molecule has 2 amide bonds. The number of carbonyl (C=O) groups is 2. The second kappa shape index (κ2) is 9.00. The number of rotatable bonds is 4. The average molecular weight is 414 g/mol. The summed E-state index contributed by atoms with van der Waals surface area (Å²) in [6.07, 6.45) is 2.88. The topological polar surface area (TPSA) is 80.8 Å². The van der Waals surface area contributed by atoms with Crippen molar-refractivity contribution < 1.29 is 19.1 Å². The molecule has 3 atom stereocenters. The van der Waals surface area contributed by atoms with Crippen molar-refractivity contribution in [2.75, 3.05) is 19.1 Å². The fourth-order valence-electron chi connectivity index (χ4n) is 3.99. The van der Waals surface area contributed by atoms with Crippen molar-refractivity contribution in [2.45, 2.75) is 57.8 Å². The van der Waals surface area contributed by atoms with Crippen molar-refractivity contribution in [3.63, 3.8) is 0 Å². The minimum atomic E-state index is -0.560. The smallest absolute Gasteiger partial charge is 0.407 e. The fourth-order valence-corrected chi connectivity index (χ4v) is 3.99. The minimum Gasteiger partial charge on any atom is -0.444 e. The monoisotopic (exact) mass is 413 g/mol. The molecule has 1 aromatic heterocycles. The SMILES string of the molecule is CO[C@@H]1C[C@H](C(=O)N(C)c2cccc3cccnc23)CC[C@H]1NC(=O)OC(C)(C)C. The Morgan fingerprint density at radius 2 is 1.90 bits per heavy atom. The van der Waals surface area contributed by atoms with Gasteiger partial charge in [-0.05, 0) is 52.2 Å². The molecule has 0 bridgehead atoms. The molecule has 1 N–H and O–H groups in total. The van der Waals surface area contributed by atoms with Crippen molar-refractivity contribution in [3.05, 3.63) is 36.5 Å². The van der Waals surface area contributed by atoms with Crippen LogP contribution in [0.25, 0.3) is 10.9 Å². The molecule has 0 spiro atoms. The number of amides is 2. The van der Waals surface area contributed by atoms with Gasteiger partial charge in [0.1, 0.15) is 5.60 Å². The van der Waals surface area contributed by atoms with Crippen LogP contribution in [0.1, 0.15) is 40.0 Å². The first kappa shape index (κ1) is 22.0. The van der Waals surface area contributed by atoms with E-state index in [0.29, 0.717) is 19.3 Å². The third-order valence-corrected chi connectivity index (χ3v) is 5.45. The molecule has 1 aromatic carbocycles. The number of pyridine rings is 1. The summed E-state index contributed by atoms with van der Waals surface area (Å²) in [4.78, 5) is 31.5. The summed E-state index contributed by atoms with van der Waals surface area (Å²) < 4.78 is 11.0. The van der Waals surface area contributed by atoms with E-state index >= 15 is 0 Å². The van der Waals surface area contributed by atoms with Crippen LogP contribution in [-0.4, -0.2) is 48.9 Å². The largest absolute Gasteiger partial charge is 0.444 e. The van der Waals surface area contributed by atoms with Gasteiger partial charge in [-0.1, -0.05) is 18.2 Å². The van der Waals surface area contributed by atoms with Crippen LogP contribution in [0.15, 0.2) is 36.5 Å². The lowest BCUT2D eigenvalue weighted by molar-refractivity contribution is -0.125. The van der Waals surface area contributed by atoms with E-state index in [4.69, 9.17) is 9.47 Å². The molecule has 2 aromatic rings. The van der Waals surface area contributed by atoms with Gasteiger partial charge in [0.05, 0.1) is 23.3 Å². The van der Waals surface area contributed by atoms with E-state index in [0.717, 1.165) is 16.6 Å². The highest BCUT2D eigenvalue weighted by Gasteiger charge is 2.37. The van der Waals surface area contributed by atoms with Crippen LogP contribution in [0.5, 0.6) is 0 Å². The Morgan fingerprint density at radius 1 is 1.17 bits per heavy atom. The molecular formula is C23H31N3O4. The van der Waals surface area contributed by atoms with Gasteiger partial charge in [0, 0.05) is 31.7 Å². The first-order chi connectivity index (χ1) is 14.2. The number of benzene rings is 1. The first-order valence-electron chi connectivity index (χ1n) is 10.3. The van der Waals surface area contributed by atoms with E-state index in [2.05, 4.69) is 10.3 Å². The van der Waals surface area contributed by atoms with Gasteiger partial charge < -0.3 is 19.7 Å². The number of para-hydroxylation sites is 1. The number of hydrogen-bond acceptors (Lipinski definition) is 5. The molecule has 1 aliphatic rings. The summed E-state index contributed by atoms with van der Waals surface area (Å²) in [5.41, 5.74) is 1.04. The average Bonchev–Trinajstić information content (AvgIpc) is 2.71. The number of ether oxygens (including phenoxy) is 2. The van der Waals surface area contributed by atoms with Crippen LogP contribution in [-0.2, 0) is 14.3 Å². The maximum Gasteiger partial charge on any atom is 0.407 e. The third-order valence-electron chi connectivity index (χ3n) is 5.45. The lowest BCUT2D eigenvalue weighted by Crippen LogP contribution is -2.51. The van der Waals surface area contributed by atoms with Crippen molar-refractivity contribution in [1.29, 1.82) is 0 Å². The van der Waals surface area contributed by atoms with E-state index in [1.54, 1.807) is 25.3 Å². The molecular weight excluding hydrogens is 382 g/mol. The summed E-state index contributed by atoms with van der Waals surface area (Å²) in [5, 5.41) is 3.90. The molecule has 3 rings (SSSR count). The molecule has 162 valence electrons. The molecule has 30 heavy (non-hydrogen) atoms. The lowest BCUT2D eigenvalue weighted by atomic mass is 9.83. The molecule has 1 saturated carbocycles. The van der Waals surface area contributed by atoms with Crippen LogP contribution in [0, 0.1) is 5.92 Å². The Balaban J connectivity index is 1.68. The molecule has 7 nitrogen and oxygen atoms in total. The molecule has 0 aliphatic heterocycles. The summed E-state index contributed by atoms with van der Waals surface area (Å²) in [6.45, 7) is 5.48. The Hall–Kier alpha value is -2.67. The minimum absolute atomic E-state index is 0.0333. The highest BCUT2D eigenvalue weighted by Crippen LogP contribution is 2.31. The van der Waals surface area contributed by atoms with Gasteiger partial charge in [0.15, 0.2) is 0 Å². The zero-order valence-electron chi connectivity index (χ0n) is 18.3. The lowest BCUT2D eigenvalue weighted by Gasteiger charge is -2.36. The Bertz CT molecular complexity index is 903. The molecule has 1 heterocycles. The number of carbonyl (C=O) groups excluding carboxylic acids is 2. The highest BCUT2D eigenvalue weighted by atomic mass is 16.6. The normalized spacial score (nSPS) is 21.8. The quantitative estimate of drug-likeness (QED) is 0.822. The van der Waals surface area contributed by atoms with Gasteiger partial charge >= 0.3 is 6.09 Å². The molecule has 1 fully saturated rings. The molecule has 7 heteroatoms. The van der Waals surface area contributed by atoms with E-state index in [9.17, 15) is 9.59 Å². The van der Waals surface area contributed by atoms with Crippen molar-refractivity contribution >= 4 is 28.6 Å². The predicted molar refractivity (Wildman–Crippen MR) is 116 cm³/mol. The van der Waals surface area contributed by atoms with E-state index in [1.165, 1.54) is 0 Å². The number of hydrogen-bond donors (Lipinski definition) is 1. The zero-order chi connectivity index (χ0) is 21.9. The maximum absolute atomic E-state index is 13.3. The van der Waals surface area contributed by atoms with Gasteiger partial charge in [-0.25, -0.2) is 4.79 Å². The second-order valence-corrected chi connectivity index (χ2v) is 8.79. The number of nitrogens with zero attached hydrogens (tertiary/aromatic N) is 2. The number of methoxy groups -OCH3 is 1. The summed E-state index contributed by atoms with van der Waals surface area (Å²) >= 11 is 0. The van der Waals surface area contributed by atoms with Gasteiger partial charge in [0.25, 0.3) is 0 Å². The molecule has 1 aliphatic carbocycles. The highest BCUT2D eigenvalue weighted by molar-refractivity contribution is 6.02. The van der Waals surface area contributed by atoms with Crippen LogP contribution < -0.4 is 10.2 Å². The predicted octanol–water partition coefficient (Wildman–Crippen LogP) is 3.91. The van der Waals surface area contributed by atoms with Crippen LogP contribution in [0.4, 0.5) is 10.5 Å². The second-order valence-electron chi connectivity index (χ2n) is 8.79. The summed E-state index contributed by atoms with van der Waals surface area (Å²) in [7, 11) is 3.40. The Labute approximate surface area is 177 Å². The Morgan fingerprint density at radius 3 is 2.60 bits per heavy atom. The molecule has 0 unspecified atom stereocenters. The van der Waals surface area contributed by atoms with Crippen LogP contribution >= 0.6 is 0 Å².